The lowest BCUT2D eigenvalue weighted by Gasteiger charge is -2.41. The first-order valence-corrected chi connectivity index (χ1v) is 4.08. The summed E-state index contributed by atoms with van der Waals surface area (Å²) in [4.78, 5) is 0. The number of aliphatic hydroxyl groups is 1. The Hall–Kier alpha value is -0.520. The summed E-state index contributed by atoms with van der Waals surface area (Å²) in [5, 5.41) is 9.66. The summed E-state index contributed by atoms with van der Waals surface area (Å²) in [6, 6.07) is 0.214. The first-order chi connectivity index (χ1) is 5.16. The molecule has 0 unspecified atom stereocenters. The molecule has 62 valence electrons. The molecule has 1 aliphatic rings. The molecule has 0 atom stereocenters. The molecule has 3 N–H and O–H groups in total. The highest BCUT2D eigenvalue weighted by Crippen LogP contribution is 2.34. The van der Waals surface area contributed by atoms with Gasteiger partial charge < -0.3 is 10.8 Å². The minimum absolute atomic E-state index is 0.214. The molecule has 0 saturated heterocycles. The molecule has 0 amide bonds. The van der Waals surface area contributed by atoms with E-state index < -0.39 is 5.60 Å². The van der Waals surface area contributed by atoms with Crippen molar-refractivity contribution in [3.63, 3.8) is 0 Å². The van der Waals surface area contributed by atoms with Crippen LogP contribution in [0.25, 0.3) is 0 Å². The fourth-order valence-corrected chi connectivity index (χ4v) is 1.64. The number of nitrogens with two attached hydrogens (primary N) is 1. The van der Waals surface area contributed by atoms with E-state index in [-0.39, 0.29) is 6.04 Å². The lowest BCUT2D eigenvalue weighted by molar-refractivity contribution is -0.0539. The van der Waals surface area contributed by atoms with E-state index >= 15 is 0 Å². The van der Waals surface area contributed by atoms with Gasteiger partial charge in [0.15, 0.2) is 0 Å². The molecule has 0 heterocycles. The summed E-state index contributed by atoms with van der Waals surface area (Å²) in [7, 11) is 0. The summed E-state index contributed by atoms with van der Waals surface area (Å²) >= 11 is 0. The Kier molecular flexibility index (Phi) is 2.53. The van der Waals surface area contributed by atoms with Gasteiger partial charge in [-0.05, 0) is 25.7 Å². The average molecular weight is 153 g/mol. The van der Waals surface area contributed by atoms with E-state index in [2.05, 4.69) is 5.92 Å². The van der Waals surface area contributed by atoms with Gasteiger partial charge in [-0.25, -0.2) is 0 Å². The van der Waals surface area contributed by atoms with Crippen LogP contribution in [0.1, 0.15) is 32.1 Å². The van der Waals surface area contributed by atoms with Gasteiger partial charge in [0.2, 0.25) is 0 Å². The third kappa shape index (κ3) is 2.21. The molecule has 1 rings (SSSR count). The van der Waals surface area contributed by atoms with Crippen LogP contribution in [0.4, 0.5) is 0 Å². The Morgan fingerprint density at radius 1 is 1.64 bits per heavy atom. The van der Waals surface area contributed by atoms with E-state index in [1.54, 1.807) is 0 Å². The maximum Gasteiger partial charge on any atom is 0.0677 e. The predicted molar refractivity (Wildman–Crippen MR) is 44.8 cm³/mol. The zero-order valence-electron chi connectivity index (χ0n) is 6.71. The Balaban J connectivity index is 2.12. The van der Waals surface area contributed by atoms with Crippen molar-refractivity contribution in [3.05, 3.63) is 0 Å². The number of hydrogen-bond donors (Lipinski definition) is 2. The molecule has 1 fully saturated rings. The summed E-state index contributed by atoms with van der Waals surface area (Å²) in [6.45, 7) is 0. The highest BCUT2D eigenvalue weighted by Gasteiger charge is 2.39. The van der Waals surface area contributed by atoms with Crippen LogP contribution in [-0.4, -0.2) is 16.7 Å². The Labute approximate surface area is 67.8 Å². The van der Waals surface area contributed by atoms with E-state index in [0.29, 0.717) is 0 Å². The third-order valence-electron chi connectivity index (χ3n) is 2.25. The first kappa shape index (κ1) is 8.58. The van der Waals surface area contributed by atoms with Crippen LogP contribution in [0.3, 0.4) is 0 Å². The fraction of sp³-hybridized carbons (Fsp3) is 0.778. The molecule has 0 aromatic rings. The molecule has 2 heteroatoms. The van der Waals surface area contributed by atoms with Gasteiger partial charge in [-0.3, -0.25) is 0 Å². The van der Waals surface area contributed by atoms with E-state index in [0.717, 1.165) is 32.1 Å². The van der Waals surface area contributed by atoms with Crippen molar-refractivity contribution in [1.82, 2.24) is 0 Å². The van der Waals surface area contributed by atoms with E-state index in [9.17, 15) is 5.11 Å². The van der Waals surface area contributed by atoms with Crippen LogP contribution < -0.4 is 5.73 Å². The maximum atomic E-state index is 9.66. The van der Waals surface area contributed by atoms with Gasteiger partial charge in [0, 0.05) is 12.5 Å². The van der Waals surface area contributed by atoms with E-state index in [1.807, 2.05) is 0 Å². The highest BCUT2D eigenvalue weighted by atomic mass is 16.3. The number of unbranched alkanes of at least 4 members (excludes halogenated alkanes) is 1. The van der Waals surface area contributed by atoms with E-state index in [1.165, 1.54) is 0 Å². The second kappa shape index (κ2) is 3.25. The minimum Gasteiger partial charge on any atom is -0.390 e. The monoisotopic (exact) mass is 153 g/mol. The van der Waals surface area contributed by atoms with Crippen LogP contribution in [0, 0.1) is 12.3 Å². The van der Waals surface area contributed by atoms with Crippen LogP contribution in [-0.2, 0) is 0 Å². The summed E-state index contributed by atoms with van der Waals surface area (Å²) in [5.41, 5.74) is 5.08. The van der Waals surface area contributed by atoms with Crippen LogP contribution in [0.15, 0.2) is 0 Å². The largest absolute Gasteiger partial charge is 0.390 e. The van der Waals surface area contributed by atoms with Gasteiger partial charge in [-0.2, -0.15) is 0 Å². The molecule has 0 radical (unpaired) electrons. The molecular weight excluding hydrogens is 138 g/mol. The number of terminal acetylenes is 1. The second-order valence-corrected chi connectivity index (χ2v) is 3.45. The van der Waals surface area contributed by atoms with Crippen molar-refractivity contribution < 1.29 is 5.11 Å². The van der Waals surface area contributed by atoms with Crippen molar-refractivity contribution in [2.24, 2.45) is 5.73 Å². The Bertz CT molecular complexity index is 165. The fourth-order valence-electron chi connectivity index (χ4n) is 1.64. The van der Waals surface area contributed by atoms with Crippen molar-refractivity contribution in [2.75, 3.05) is 0 Å². The number of rotatable bonds is 3. The zero-order valence-corrected chi connectivity index (χ0v) is 6.71. The lowest BCUT2D eigenvalue weighted by atomic mass is 9.73. The molecule has 1 saturated carbocycles. The zero-order chi connectivity index (χ0) is 8.32. The molecular formula is C9H15NO. The van der Waals surface area contributed by atoms with Gasteiger partial charge >= 0.3 is 0 Å². The Morgan fingerprint density at radius 2 is 2.27 bits per heavy atom. The summed E-state index contributed by atoms with van der Waals surface area (Å²) in [6.07, 6.45) is 9.07. The van der Waals surface area contributed by atoms with Gasteiger partial charge in [-0.1, -0.05) is 0 Å². The predicted octanol–water partition coefficient (Wildman–Crippen LogP) is 0.642. The minimum atomic E-state index is -0.476. The molecule has 2 nitrogen and oxygen atoms in total. The second-order valence-electron chi connectivity index (χ2n) is 3.45. The van der Waals surface area contributed by atoms with Gasteiger partial charge in [0.1, 0.15) is 0 Å². The van der Waals surface area contributed by atoms with Gasteiger partial charge in [0.05, 0.1) is 5.60 Å². The van der Waals surface area contributed by atoms with Crippen molar-refractivity contribution in [3.8, 4) is 12.3 Å². The lowest BCUT2D eigenvalue weighted by Crippen LogP contribution is -2.51. The van der Waals surface area contributed by atoms with Crippen LogP contribution >= 0.6 is 0 Å². The number of hydrogen-bond acceptors (Lipinski definition) is 2. The topological polar surface area (TPSA) is 46.2 Å². The first-order valence-electron chi connectivity index (χ1n) is 4.08. The maximum absolute atomic E-state index is 9.66. The van der Waals surface area contributed by atoms with Gasteiger partial charge in [0.25, 0.3) is 0 Å². The van der Waals surface area contributed by atoms with Crippen molar-refractivity contribution in [1.29, 1.82) is 0 Å². The average Bonchev–Trinajstić information content (AvgIpc) is 1.85. The molecule has 1 aliphatic carbocycles. The Morgan fingerprint density at radius 3 is 2.73 bits per heavy atom. The van der Waals surface area contributed by atoms with Crippen LogP contribution in [0.5, 0.6) is 0 Å². The van der Waals surface area contributed by atoms with Crippen LogP contribution in [0.2, 0.25) is 0 Å². The molecule has 0 aliphatic heterocycles. The summed E-state index contributed by atoms with van der Waals surface area (Å²) in [5.74, 6) is 2.56. The molecule has 0 aromatic heterocycles. The quantitative estimate of drug-likeness (QED) is 0.462. The standard InChI is InChI=1S/C9H15NO/c1-2-3-4-5-9(11)6-8(10)7-9/h1,8,11H,3-7,10H2. The molecule has 0 aromatic carbocycles. The molecule has 11 heavy (non-hydrogen) atoms. The van der Waals surface area contributed by atoms with Crippen molar-refractivity contribution >= 4 is 0 Å². The SMILES string of the molecule is C#CCCCC1(O)CC(N)C1. The highest BCUT2D eigenvalue weighted by molar-refractivity contribution is 4.97. The van der Waals surface area contributed by atoms with Crippen molar-refractivity contribution in [2.45, 2.75) is 43.7 Å². The van der Waals surface area contributed by atoms with Gasteiger partial charge in [-0.15, -0.1) is 12.3 Å². The molecule has 0 spiro atoms. The normalized spacial score (nSPS) is 35.9. The van der Waals surface area contributed by atoms with E-state index in [4.69, 9.17) is 12.2 Å². The molecule has 0 bridgehead atoms. The third-order valence-corrected chi connectivity index (χ3v) is 2.25. The smallest absolute Gasteiger partial charge is 0.0677 e. The summed E-state index contributed by atoms with van der Waals surface area (Å²) < 4.78 is 0.